The average Bonchev–Trinajstić information content (AvgIpc) is 2.55. The van der Waals surface area contributed by atoms with Gasteiger partial charge in [-0.2, -0.15) is 4.57 Å². The Labute approximate surface area is 153 Å². The van der Waals surface area contributed by atoms with Gasteiger partial charge in [-0.15, -0.1) is 0 Å². The van der Waals surface area contributed by atoms with E-state index in [9.17, 15) is 13.0 Å². The molecule has 0 amide bonds. The molecule has 132 valence electrons. The summed E-state index contributed by atoms with van der Waals surface area (Å²) < 4.78 is 33.4. The van der Waals surface area contributed by atoms with E-state index in [0.29, 0.717) is 0 Å². The minimum absolute atomic E-state index is 0.178. The fraction of sp³-hybridized carbons (Fsp3) is 0.211. The topological polar surface area (TPSA) is 61.1 Å². The number of para-hydroxylation sites is 1. The van der Waals surface area contributed by atoms with Gasteiger partial charge in [-0.25, -0.2) is 8.42 Å². The highest BCUT2D eigenvalue weighted by Gasteiger charge is 2.12. The third-order valence-electron chi connectivity index (χ3n) is 3.84. The lowest BCUT2D eigenvalue weighted by Crippen LogP contribution is -2.36. The molecule has 0 N–H and O–H groups in total. The summed E-state index contributed by atoms with van der Waals surface area (Å²) in [4.78, 5) is -0.178. The second-order valence-electron chi connectivity index (χ2n) is 5.66. The molecule has 4 nitrogen and oxygen atoms in total. The van der Waals surface area contributed by atoms with Crippen molar-refractivity contribution in [1.82, 2.24) is 0 Å². The molecule has 25 heavy (non-hydrogen) atoms. The van der Waals surface area contributed by atoms with Crippen LogP contribution in [0.15, 0.2) is 59.5 Å². The van der Waals surface area contributed by atoms with Crippen molar-refractivity contribution in [2.45, 2.75) is 32.2 Å². The smallest absolute Gasteiger partial charge is 0.214 e. The van der Waals surface area contributed by atoms with Crippen LogP contribution in [0.25, 0.3) is 10.9 Å². The van der Waals surface area contributed by atoms with Crippen LogP contribution in [0.5, 0.6) is 0 Å². The van der Waals surface area contributed by atoms with Gasteiger partial charge in [0.2, 0.25) is 5.52 Å². The standard InChI is InChI=1S/C12H13ClN.C7H8O3S/c1-3-14-9(2)8-11(13)10-6-4-5-7-12(10)14;1-6-2-4-7(5-3-6)11(8,9)10/h4-8H,3H2,1-2H3;2-5H,1H3,(H,8,9,10)/q+1;/p-1. The molecular weight excluding hydrogens is 358 g/mol. The quantitative estimate of drug-likeness (QED) is 0.500. The molecule has 1 heterocycles. The van der Waals surface area contributed by atoms with Crippen molar-refractivity contribution in [2.24, 2.45) is 0 Å². The van der Waals surface area contributed by atoms with Crippen LogP contribution in [-0.2, 0) is 16.7 Å². The molecule has 0 bridgehead atoms. The van der Waals surface area contributed by atoms with E-state index in [-0.39, 0.29) is 4.90 Å². The number of benzene rings is 2. The van der Waals surface area contributed by atoms with E-state index in [1.54, 1.807) is 12.1 Å². The number of pyridine rings is 1. The van der Waals surface area contributed by atoms with Gasteiger partial charge in [-0.3, -0.25) is 0 Å². The van der Waals surface area contributed by atoms with Crippen molar-refractivity contribution in [3.8, 4) is 0 Å². The largest absolute Gasteiger partial charge is 0.744 e. The molecule has 0 atom stereocenters. The minimum Gasteiger partial charge on any atom is -0.744 e. The zero-order chi connectivity index (χ0) is 18.6. The summed E-state index contributed by atoms with van der Waals surface area (Å²) >= 11 is 6.18. The Kier molecular flexibility index (Phi) is 6.16. The lowest BCUT2D eigenvalue weighted by atomic mass is 10.2. The van der Waals surface area contributed by atoms with Gasteiger partial charge in [-0.05, 0) is 32.0 Å². The molecule has 0 saturated heterocycles. The van der Waals surface area contributed by atoms with Crippen LogP contribution in [0, 0.1) is 13.8 Å². The third kappa shape index (κ3) is 4.78. The third-order valence-corrected chi connectivity index (χ3v) is 5.00. The number of aromatic nitrogens is 1. The maximum absolute atomic E-state index is 10.4. The van der Waals surface area contributed by atoms with Gasteiger partial charge in [0.15, 0.2) is 5.69 Å². The Morgan fingerprint density at radius 1 is 1.04 bits per heavy atom. The molecule has 0 unspecified atom stereocenters. The number of nitrogens with zero attached hydrogens (tertiary/aromatic N) is 1. The van der Waals surface area contributed by atoms with Gasteiger partial charge in [-0.1, -0.05) is 41.4 Å². The van der Waals surface area contributed by atoms with Crippen LogP contribution in [-0.4, -0.2) is 13.0 Å². The Hall–Kier alpha value is -1.95. The SMILES string of the molecule is CC[n+]1c(C)cc(Cl)c2ccccc21.Cc1ccc(S(=O)(=O)[O-])cc1. The molecule has 0 saturated carbocycles. The first-order valence-electron chi connectivity index (χ1n) is 7.84. The maximum atomic E-state index is 10.4. The second kappa shape index (κ2) is 7.95. The zero-order valence-electron chi connectivity index (χ0n) is 14.4. The Morgan fingerprint density at radius 2 is 1.64 bits per heavy atom. The number of halogens is 1. The van der Waals surface area contributed by atoms with E-state index in [1.807, 2.05) is 25.1 Å². The van der Waals surface area contributed by atoms with E-state index >= 15 is 0 Å². The van der Waals surface area contributed by atoms with E-state index in [2.05, 4.69) is 30.5 Å². The Bertz CT molecular complexity index is 983. The minimum atomic E-state index is -4.27. The number of aryl methyl sites for hydroxylation is 3. The van der Waals surface area contributed by atoms with Crippen LogP contribution < -0.4 is 4.57 Å². The first-order chi connectivity index (χ1) is 11.7. The van der Waals surface area contributed by atoms with Crippen molar-refractivity contribution in [3.63, 3.8) is 0 Å². The first-order valence-corrected chi connectivity index (χ1v) is 9.63. The molecule has 6 heteroatoms. The van der Waals surface area contributed by atoms with Gasteiger partial charge in [0.05, 0.1) is 15.3 Å². The maximum Gasteiger partial charge on any atom is 0.214 e. The number of hydrogen-bond donors (Lipinski definition) is 0. The highest BCUT2D eigenvalue weighted by atomic mass is 35.5. The summed E-state index contributed by atoms with van der Waals surface area (Å²) in [6.45, 7) is 7.03. The number of hydrogen-bond acceptors (Lipinski definition) is 3. The van der Waals surface area contributed by atoms with E-state index in [0.717, 1.165) is 22.5 Å². The Balaban J connectivity index is 0.000000186. The Morgan fingerprint density at radius 3 is 2.20 bits per heavy atom. The van der Waals surface area contributed by atoms with E-state index in [4.69, 9.17) is 11.6 Å². The van der Waals surface area contributed by atoms with E-state index in [1.165, 1.54) is 23.3 Å². The average molecular weight is 378 g/mol. The summed E-state index contributed by atoms with van der Waals surface area (Å²) in [5.74, 6) is 0. The van der Waals surface area contributed by atoms with Crippen molar-refractivity contribution in [3.05, 3.63) is 70.9 Å². The molecule has 0 fully saturated rings. The lowest BCUT2D eigenvalue weighted by molar-refractivity contribution is -0.673. The molecule has 0 aliphatic carbocycles. The number of fused-ring (bicyclic) bond motifs is 1. The summed E-state index contributed by atoms with van der Waals surface area (Å²) in [7, 11) is -4.27. The summed E-state index contributed by atoms with van der Waals surface area (Å²) in [5.41, 5.74) is 3.34. The van der Waals surface area contributed by atoms with Gasteiger partial charge >= 0.3 is 0 Å². The lowest BCUT2D eigenvalue weighted by Gasteiger charge is -2.05. The molecule has 1 aromatic heterocycles. The van der Waals surface area contributed by atoms with Gasteiger partial charge in [0.1, 0.15) is 16.7 Å². The normalized spacial score (nSPS) is 11.1. The molecule has 0 spiro atoms. The van der Waals surface area contributed by atoms with Crippen molar-refractivity contribution in [2.75, 3.05) is 0 Å². The molecule has 3 rings (SSSR count). The molecular formula is C19H20ClNO3S. The van der Waals surface area contributed by atoms with Gasteiger partial charge in [0, 0.05) is 19.1 Å². The summed E-state index contributed by atoms with van der Waals surface area (Å²) in [6.07, 6.45) is 0. The summed E-state index contributed by atoms with van der Waals surface area (Å²) in [6, 6.07) is 16.0. The van der Waals surface area contributed by atoms with Crippen LogP contribution in [0.1, 0.15) is 18.2 Å². The predicted octanol–water partition coefficient (Wildman–Crippen LogP) is 4.01. The van der Waals surface area contributed by atoms with Crippen molar-refractivity contribution >= 4 is 32.6 Å². The highest BCUT2D eigenvalue weighted by Crippen LogP contribution is 2.21. The zero-order valence-corrected chi connectivity index (χ0v) is 15.9. The van der Waals surface area contributed by atoms with Crippen LogP contribution in [0.4, 0.5) is 0 Å². The molecule has 3 aromatic rings. The van der Waals surface area contributed by atoms with Crippen LogP contribution >= 0.6 is 11.6 Å². The first kappa shape index (κ1) is 19.4. The highest BCUT2D eigenvalue weighted by molar-refractivity contribution is 7.85. The molecule has 0 aliphatic heterocycles. The molecule has 0 radical (unpaired) electrons. The fourth-order valence-electron chi connectivity index (χ4n) is 2.56. The van der Waals surface area contributed by atoms with E-state index < -0.39 is 10.1 Å². The fourth-order valence-corrected chi connectivity index (χ4v) is 3.35. The second-order valence-corrected chi connectivity index (χ2v) is 7.45. The van der Waals surface area contributed by atoms with Crippen molar-refractivity contribution < 1.29 is 17.5 Å². The van der Waals surface area contributed by atoms with Gasteiger partial charge < -0.3 is 4.55 Å². The molecule has 2 aromatic carbocycles. The number of rotatable bonds is 2. The van der Waals surface area contributed by atoms with Crippen LogP contribution in [0.3, 0.4) is 0 Å². The van der Waals surface area contributed by atoms with Crippen molar-refractivity contribution in [1.29, 1.82) is 0 Å². The predicted molar refractivity (Wildman–Crippen MR) is 98.7 cm³/mol. The summed E-state index contributed by atoms with van der Waals surface area (Å²) in [5, 5.41) is 1.96. The monoisotopic (exact) mass is 377 g/mol. The molecule has 0 aliphatic rings. The van der Waals surface area contributed by atoms with Gasteiger partial charge in [0.25, 0.3) is 0 Å². The van der Waals surface area contributed by atoms with Crippen LogP contribution in [0.2, 0.25) is 5.02 Å².